The van der Waals surface area contributed by atoms with E-state index in [9.17, 15) is 13.2 Å². The molecule has 0 saturated carbocycles. The highest BCUT2D eigenvalue weighted by Gasteiger charge is 2.17. The van der Waals surface area contributed by atoms with Gasteiger partial charge in [0.1, 0.15) is 0 Å². The van der Waals surface area contributed by atoms with Crippen LogP contribution in [0.2, 0.25) is 0 Å². The highest BCUT2D eigenvalue weighted by atomic mass is 79.9. The van der Waals surface area contributed by atoms with E-state index in [4.69, 9.17) is 5.73 Å². The van der Waals surface area contributed by atoms with Gasteiger partial charge in [-0.2, -0.15) is 0 Å². The Balaban J connectivity index is 3.07. The summed E-state index contributed by atoms with van der Waals surface area (Å²) in [5.41, 5.74) is 5.47. The summed E-state index contributed by atoms with van der Waals surface area (Å²) in [6, 6.07) is 4.88. The summed E-state index contributed by atoms with van der Waals surface area (Å²) in [6.45, 7) is 1.26. The second-order valence-corrected chi connectivity index (χ2v) is 5.85. The van der Waals surface area contributed by atoms with Crippen molar-refractivity contribution in [1.29, 1.82) is 0 Å². The monoisotopic (exact) mass is 306 g/mol. The van der Waals surface area contributed by atoms with Crippen molar-refractivity contribution in [3.8, 4) is 0 Å². The number of hydrogen-bond donors (Lipinski definition) is 2. The molecule has 1 amide bonds. The van der Waals surface area contributed by atoms with Crippen molar-refractivity contribution in [2.75, 3.05) is 6.54 Å². The van der Waals surface area contributed by atoms with Crippen molar-refractivity contribution in [3.05, 3.63) is 28.2 Å². The summed E-state index contributed by atoms with van der Waals surface area (Å²) in [7, 11) is -3.69. The summed E-state index contributed by atoms with van der Waals surface area (Å²) < 4.78 is 26.3. The number of carbonyl (C=O) groups excluding carboxylic acids is 1. The number of carbonyl (C=O) groups is 1. The van der Waals surface area contributed by atoms with E-state index in [0.29, 0.717) is 10.0 Å². The van der Waals surface area contributed by atoms with Gasteiger partial charge in [0.2, 0.25) is 15.9 Å². The zero-order chi connectivity index (χ0) is 12.3. The highest BCUT2D eigenvalue weighted by molar-refractivity contribution is 9.10. The van der Waals surface area contributed by atoms with Gasteiger partial charge in [0.25, 0.3) is 0 Å². The maximum Gasteiger partial charge on any atom is 0.241 e. The summed E-state index contributed by atoms with van der Waals surface area (Å²) in [6.07, 6.45) is 0. The molecule has 1 aromatic carbocycles. The van der Waals surface area contributed by atoms with E-state index < -0.39 is 22.5 Å². The molecule has 88 valence electrons. The van der Waals surface area contributed by atoms with Crippen LogP contribution < -0.4 is 10.5 Å². The van der Waals surface area contributed by atoms with Crippen molar-refractivity contribution in [3.63, 3.8) is 0 Å². The minimum Gasteiger partial charge on any atom is -0.369 e. The van der Waals surface area contributed by atoms with Crippen molar-refractivity contribution < 1.29 is 13.2 Å². The Kier molecular flexibility index (Phi) is 4.06. The minimum atomic E-state index is -3.69. The smallest absolute Gasteiger partial charge is 0.241 e. The second kappa shape index (κ2) is 4.94. The molecule has 0 spiro atoms. The summed E-state index contributed by atoms with van der Waals surface area (Å²) in [5.74, 6) is -0.726. The van der Waals surface area contributed by atoms with Crippen molar-refractivity contribution in [2.24, 2.45) is 5.73 Å². The molecule has 0 aliphatic heterocycles. The van der Waals surface area contributed by atoms with E-state index in [0.717, 1.165) is 0 Å². The quantitative estimate of drug-likeness (QED) is 0.850. The average molecular weight is 307 g/mol. The molecule has 0 aromatic heterocycles. The van der Waals surface area contributed by atoms with E-state index in [1.807, 2.05) is 0 Å². The molecular weight excluding hydrogens is 296 g/mol. The first-order valence-electron chi connectivity index (χ1n) is 4.37. The van der Waals surface area contributed by atoms with Gasteiger partial charge in [-0.1, -0.05) is 22.0 Å². The van der Waals surface area contributed by atoms with Crippen LogP contribution in [0, 0.1) is 6.92 Å². The van der Waals surface area contributed by atoms with Crippen LogP contribution in [0.5, 0.6) is 0 Å². The number of halogens is 1. The number of nitrogens with one attached hydrogen (secondary N) is 1. The Morgan fingerprint density at radius 2 is 2.12 bits per heavy atom. The fourth-order valence-electron chi connectivity index (χ4n) is 1.11. The third-order valence-corrected chi connectivity index (χ3v) is 3.91. The topological polar surface area (TPSA) is 89.3 Å². The number of sulfonamides is 1. The van der Waals surface area contributed by atoms with E-state index in [1.54, 1.807) is 19.1 Å². The minimum absolute atomic E-state index is 0.128. The normalized spacial score (nSPS) is 11.4. The Morgan fingerprint density at radius 1 is 1.50 bits per heavy atom. The van der Waals surface area contributed by atoms with Crippen molar-refractivity contribution in [2.45, 2.75) is 11.8 Å². The number of amides is 1. The molecule has 1 aromatic rings. The molecule has 0 heterocycles. The molecule has 0 unspecified atom stereocenters. The van der Waals surface area contributed by atoms with Crippen molar-refractivity contribution >= 4 is 31.9 Å². The third kappa shape index (κ3) is 3.29. The summed E-state index contributed by atoms with van der Waals surface area (Å²) >= 11 is 3.18. The molecular formula is C9H11BrN2O3S. The second-order valence-electron chi connectivity index (χ2n) is 3.20. The van der Waals surface area contributed by atoms with Crippen LogP contribution >= 0.6 is 15.9 Å². The third-order valence-electron chi connectivity index (χ3n) is 1.88. The molecule has 7 heteroatoms. The molecule has 0 aliphatic rings. The zero-order valence-electron chi connectivity index (χ0n) is 8.53. The van der Waals surface area contributed by atoms with Gasteiger partial charge in [-0.15, -0.1) is 0 Å². The Hall–Kier alpha value is -0.920. The van der Waals surface area contributed by atoms with Crippen molar-refractivity contribution in [1.82, 2.24) is 4.72 Å². The SMILES string of the molecule is Cc1ccc(Br)cc1S(=O)(=O)NCC(N)=O. The Labute approximate surface area is 102 Å². The van der Waals surface area contributed by atoms with E-state index in [-0.39, 0.29) is 4.90 Å². The predicted molar refractivity (Wildman–Crippen MR) is 63.3 cm³/mol. The molecule has 5 nitrogen and oxygen atoms in total. The van der Waals surface area contributed by atoms with Crippen LogP contribution in [0.3, 0.4) is 0 Å². The van der Waals surface area contributed by atoms with Gasteiger partial charge in [-0.3, -0.25) is 4.79 Å². The number of primary amides is 1. The number of rotatable bonds is 4. The predicted octanol–water partition coefficient (Wildman–Crippen LogP) is 0.521. The van der Waals surface area contributed by atoms with Crippen LogP contribution in [-0.4, -0.2) is 20.9 Å². The van der Waals surface area contributed by atoms with Gasteiger partial charge in [-0.05, 0) is 24.6 Å². The molecule has 1 rings (SSSR count). The lowest BCUT2D eigenvalue weighted by Crippen LogP contribution is -2.33. The van der Waals surface area contributed by atoms with Crippen LogP contribution in [0.1, 0.15) is 5.56 Å². The van der Waals surface area contributed by atoms with Crippen LogP contribution in [0.15, 0.2) is 27.6 Å². The molecule has 0 bridgehead atoms. The van der Waals surface area contributed by atoms with Gasteiger partial charge in [0, 0.05) is 4.47 Å². The lowest BCUT2D eigenvalue weighted by molar-refractivity contribution is -0.116. The molecule has 0 saturated heterocycles. The molecule has 0 fully saturated rings. The maximum absolute atomic E-state index is 11.8. The fraction of sp³-hybridized carbons (Fsp3) is 0.222. The summed E-state index contributed by atoms with van der Waals surface area (Å²) in [4.78, 5) is 10.6. The number of aryl methyl sites for hydroxylation is 1. The molecule has 0 aliphatic carbocycles. The Bertz CT molecular complexity index is 513. The van der Waals surface area contributed by atoms with E-state index in [2.05, 4.69) is 20.7 Å². The van der Waals surface area contributed by atoms with Gasteiger partial charge >= 0.3 is 0 Å². The van der Waals surface area contributed by atoms with Crippen LogP contribution in [-0.2, 0) is 14.8 Å². The van der Waals surface area contributed by atoms with Crippen LogP contribution in [0.25, 0.3) is 0 Å². The number of hydrogen-bond acceptors (Lipinski definition) is 3. The standard InChI is InChI=1S/C9H11BrN2O3S/c1-6-2-3-7(10)4-8(6)16(14,15)12-5-9(11)13/h2-4,12H,5H2,1H3,(H2,11,13). The molecule has 0 radical (unpaired) electrons. The van der Waals surface area contributed by atoms with E-state index >= 15 is 0 Å². The highest BCUT2D eigenvalue weighted by Crippen LogP contribution is 2.20. The van der Waals surface area contributed by atoms with Crippen LogP contribution in [0.4, 0.5) is 0 Å². The zero-order valence-corrected chi connectivity index (χ0v) is 10.9. The molecule has 0 atom stereocenters. The van der Waals surface area contributed by atoms with Gasteiger partial charge in [0.05, 0.1) is 11.4 Å². The summed E-state index contributed by atoms with van der Waals surface area (Å²) in [5, 5.41) is 0. The van der Waals surface area contributed by atoms with Gasteiger partial charge < -0.3 is 5.73 Å². The maximum atomic E-state index is 11.8. The fourth-order valence-corrected chi connectivity index (χ4v) is 2.88. The lowest BCUT2D eigenvalue weighted by atomic mass is 10.2. The molecule has 3 N–H and O–H groups in total. The average Bonchev–Trinajstić information content (AvgIpc) is 2.19. The molecule has 16 heavy (non-hydrogen) atoms. The first-order chi connectivity index (χ1) is 7.33. The van der Waals surface area contributed by atoms with E-state index in [1.165, 1.54) is 6.07 Å². The number of benzene rings is 1. The van der Waals surface area contributed by atoms with Gasteiger partial charge in [0.15, 0.2) is 0 Å². The largest absolute Gasteiger partial charge is 0.369 e. The number of nitrogens with two attached hydrogens (primary N) is 1. The first kappa shape index (κ1) is 13.1. The lowest BCUT2D eigenvalue weighted by Gasteiger charge is -2.08. The Morgan fingerprint density at radius 3 is 2.69 bits per heavy atom. The first-order valence-corrected chi connectivity index (χ1v) is 6.64. The van der Waals surface area contributed by atoms with Gasteiger partial charge in [-0.25, -0.2) is 13.1 Å².